The molecular formula is C24H23ClN6OS2. The van der Waals surface area contributed by atoms with Crippen LogP contribution in [-0.4, -0.2) is 32.6 Å². The Bertz CT molecular complexity index is 1440. The first-order valence-corrected chi connectivity index (χ1v) is 13.2. The Labute approximate surface area is 210 Å². The Morgan fingerprint density at radius 3 is 2.74 bits per heavy atom. The molecule has 2 aliphatic rings. The van der Waals surface area contributed by atoms with Gasteiger partial charge in [0.1, 0.15) is 10.8 Å². The van der Waals surface area contributed by atoms with E-state index in [1.165, 1.54) is 26.9 Å². The van der Waals surface area contributed by atoms with Crippen molar-refractivity contribution in [3.63, 3.8) is 0 Å². The standard InChI is InChI=1S/C24H23ClN6OS2/c1-30-7-4-14-2-3-16(20(25)19(14)23(30)32)34-18-12-27-17(11-28-18)31-8-5-24(6-9-31)10-15-21(22(24)26)33-13-29-15/h2-4,7,11-13,22H,5-6,8-10,26H2,1H3/t22-/m1/s1. The largest absolute Gasteiger partial charge is 0.355 e. The number of aromatic nitrogens is 4. The SMILES string of the molecule is Cn1ccc2ccc(Sc3cnc(N4CCC5(CC4)Cc4ncsc4[C@H]5N)cn3)c(Cl)c2c1=O. The minimum atomic E-state index is -0.109. The van der Waals surface area contributed by atoms with E-state index in [9.17, 15) is 4.79 Å². The van der Waals surface area contributed by atoms with Gasteiger partial charge in [0.25, 0.3) is 5.56 Å². The number of aryl methyl sites for hydroxylation is 1. The van der Waals surface area contributed by atoms with Crippen molar-refractivity contribution in [3.05, 3.63) is 68.2 Å². The van der Waals surface area contributed by atoms with E-state index in [0.29, 0.717) is 10.4 Å². The van der Waals surface area contributed by atoms with Crippen LogP contribution in [-0.2, 0) is 13.5 Å². The molecule has 0 radical (unpaired) electrons. The number of piperidine rings is 1. The first-order valence-electron chi connectivity index (χ1n) is 11.2. The summed E-state index contributed by atoms with van der Waals surface area (Å²) in [6.07, 6.45) is 8.38. The van der Waals surface area contributed by atoms with Crippen LogP contribution in [0.4, 0.5) is 5.82 Å². The molecule has 1 fully saturated rings. The first-order chi connectivity index (χ1) is 16.4. The van der Waals surface area contributed by atoms with E-state index in [2.05, 4.69) is 19.9 Å². The molecule has 4 heterocycles. The van der Waals surface area contributed by atoms with Crippen LogP contribution < -0.4 is 16.2 Å². The second-order valence-electron chi connectivity index (χ2n) is 9.06. The number of hydrogen-bond acceptors (Lipinski definition) is 8. The van der Waals surface area contributed by atoms with Crippen LogP contribution in [0.15, 0.2) is 57.0 Å². The molecule has 0 saturated carbocycles. The van der Waals surface area contributed by atoms with Gasteiger partial charge in [-0.15, -0.1) is 11.3 Å². The third kappa shape index (κ3) is 3.53. The van der Waals surface area contributed by atoms with Gasteiger partial charge >= 0.3 is 0 Å². The third-order valence-corrected chi connectivity index (χ3v) is 9.64. The zero-order valence-corrected chi connectivity index (χ0v) is 21.0. The van der Waals surface area contributed by atoms with Crippen molar-refractivity contribution in [2.75, 3.05) is 18.0 Å². The van der Waals surface area contributed by atoms with Crippen LogP contribution in [0.5, 0.6) is 0 Å². The summed E-state index contributed by atoms with van der Waals surface area (Å²) < 4.78 is 1.54. The number of nitrogens with zero attached hydrogens (tertiary/aromatic N) is 5. The number of nitrogens with two attached hydrogens (primary N) is 1. The molecule has 1 aromatic carbocycles. The number of benzene rings is 1. The maximum atomic E-state index is 12.6. The van der Waals surface area contributed by atoms with Gasteiger partial charge in [-0.05, 0) is 42.2 Å². The Morgan fingerprint density at radius 2 is 2.00 bits per heavy atom. The highest BCUT2D eigenvalue weighted by atomic mass is 35.5. The van der Waals surface area contributed by atoms with E-state index in [1.54, 1.807) is 30.8 Å². The van der Waals surface area contributed by atoms with E-state index in [4.69, 9.17) is 17.3 Å². The number of anilines is 1. The molecule has 1 saturated heterocycles. The van der Waals surface area contributed by atoms with Gasteiger partial charge in [0, 0.05) is 42.1 Å². The second-order valence-corrected chi connectivity index (χ2v) is 11.4. The normalized spacial score (nSPS) is 19.1. The van der Waals surface area contributed by atoms with Gasteiger partial charge in [-0.2, -0.15) is 0 Å². The average Bonchev–Trinajstić information content (AvgIpc) is 3.40. The van der Waals surface area contributed by atoms with Crippen molar-refractivity contribution in [1.29, 1.82) is 0 Å². The topological polar surface area (TPSA) is 89.9 Å². The molecule has 174 valence electrons. The van der Waals surface area contributed by atoms with Gasteiger partial charge < -0.3 is 15.2 Å². The van der Waals surface area contributed by atoms with Crippen LogP contribution in [0.2, 0.25) is 5.02 Å². The van der Waals surface area contributed by atoms with E-state index >= 15 is 0 Å². The fourth-order valence-electron chi connectivity index (χ4n) is 5.14. The summed E-state index contributed by atoms with van der Waals surface area (Å²) in [5.41, 5.74) is 9.75. The quantitative estimate of drug-likeness (QED) is 0.436. The number of thiazole rings is 1. The molecule has 1 spiro atoms. The molecular weight excluding hydrogens is 488 g/mol. The zero-order valence-electron chi connectivity index (χ0n) is 18.6. The molecule has 1 aliphatic heterocycles. The minimum absolute atomic E-state index is 0.0885. The van der Waals surface area contributed by atoms with Crippen molar-refractivity contribution in [3.8, 4) is 0 Å². The summed E-state index contributed by atoms with van der Waals surface area (Å²) in [5, 5.41) is 2.54. The lowest BCUT2D eigenvalue weighted by Gasteiger charge is -2.42. The van der Waals surface area contributed by atoms with Crippen LogP contribution in [0.1, 0.15) is 29.5 Å². The van der Waals surface area contributed by atoms with Crippen molar-refractivity contribution in [1.82, 2.24) is 19.5 Å². The van der Waals surface area contributed by atoms with Gasteiger partial charge in [-0.25, -0.2) is 15.0 Å². The van der Waals surface area contributed by atoms with E-state index in [-0.39, 0.29) is 17.0 Å². The highest BCUT2D eigenvalue weighted by molar-refractivity contribution is 7.99. The zero-order chi connectivity index (χ0) is 23.4. The second kappa shape index (κ2) is 8.34. The van der Waals surface area contributed by atoms with Gasteiger partial charge in [0.2, 0.25) is 0 Å². The predicted octanol–water partition coefficient (Wildman–Crippen LogP) is 4.43. The lowest BCUT2D eigenvalue weighted by molar-refractivity contribution is 0.187. The van der Waals surface area contributed by atoms with Crippen LogP contribution in [0.3, 0.4) is 0 Å². The molecule has 1 atom stereocenters. The summed E-state index contributed by atoms with van der Waals surface area (Å²) in [4.78, 5) is 30.7. The van der Waals surface area contributed by atoms with Crippen LogP contribution >= 0.6 is 34.7 Å². The average molecular weight is 511 g/mol. The van der Waals surface area contributed by atoms with Crippen LogP contribution in [0.25, 0.3) is 10.8 Å². The first kappa shape index (κ1) is 22.0. The van der Waals surface area contributed by atoms with Crippen molar-refractivity contribution < 1.29 is 0 Å². The van der Waals surface area contributed by atoms with Crippen molar-refractivity contribution in [2.45, 2.75) is 35.2 Å². The number of halogens is 1. The molecule has 3 aromatic heterocycles. The number of fused-ring (bicyclic) bond motifs is 2. The summed E-state index contributed by atoms with van der Waals surface area (Å²) in [5.74, 6) is 0.872. The number of pyridine rings is 1. The van der Waals surface area contributed by atoms with E-state index in [1.807, 2.05) is 29.9 Å². The fourth-order valence-corrected chi connectivity index (χ4v) is 7.22. The molecule has 0 amide bonds. The highest BCUT2D eigenvalue weighted by Gasteiger charge is 2.47. The van der Waals surface area contributed by atoms with Gasteiger partial charge in [0.15, 0.2) is 0 Å². The molecule has 2 N–H and O–H groups in total. The summed E-state index contributed by atoms with van der Waals surface area (Å²) in [6, 6.07) is 5.82. The van der Waals surface area contributed by atoms with Gasteiger partial charge in [0.05, 0.1) is 34.0 Å². The Morgan fingerprint density at radius 1 is 1.18 bits per heavy atom. The number of rotatable bonds is 3. The number of hydrogen-bond donors (Lipinski definition) is 1. The molecule has 7 nitrogen and oxygen atoms in total. The summed E-state index contributed by atoms with van der Waals surface area (Å²) in [7, 11) is 1.72. The Balaban J connectivity index is 1.17. The van der Waals surface area contributed by atoms with Crippen LogP contribution in [0, 0.1) is 5.41 Å². The predicted molar refractivity (Wildman–Crippen MR) is 137 cm³/mol. The van der Waals surface area contributed by atoms with Gasteiger partial charge in [-0.1, -0.05) is 29.4 Å². The fraction of sp³-hybridized carbons (Fsp3) is 0.333. The lowest BCUT2D eigenvalue weighted by Crippen LogP contribution is -2.44. The molecule has 6 rings (SSSR count). The Hall–Kier alpha value is -2.46. The third-order valence-electron chi connectivity index (χ3n) is 7.20. The molecule has 4 aromatic rings. The van der Waals surface area contributed by atoms with Crippen molar-refractivity contribution in [2.24, 2.45) is 18.2 Å². The van der Waals surface area contributed by atoms with E-state index in [0.717, 1.165) is 53.5 Å². The summed E-state index contributed by atoms with van der Waals surface area (Å²) in [6.45, 7) is 1.81. The Kier molecular flexibility index (Phi) is 5.40. The maximum Gasteiger partial charge on any atom is 0.259 e. The highest BCUT2D eigenvalue weighted by Crippen LogP contribution is 2.51. The molecule has 34 heavy (non-hydrogen) atoms. The summed E-state index contributed by atoms with van der Waals surface area (Å²) >= 11 is 9.72. The lowest BCUT2D eigenvalue weighted by atomic mass is 9.74. The monoisotopic (exact) mass is 510 g/mol. The molecule has 0 unspecified atom stereocenters. The molecule has 10 heteroatoms. The maximum absolute atomic E-state index is 12.6. The smallest absolute Gasteiger partial charge is 0.259 e. The molecule has 1 aliphatic carbocycles. The van der Waals surface area contributed by atoms with E-state index < -0.39 is 0 Å². The van der Waals surface area contributed by atoms with Crippen molar-refractivity contribution >= 4 is 51.3 Å². The minimum Gasteiger partial charge on any atom is -0.355 e. The molecule has 0 bridgehead atoms. The van der Waals surface area contributed by atoms with Gasteiger partial charge in [-0.3, -0.25) is 4.79 Å².